The number of carbonyl (C=O) groups is 1. The summed E-state index contributed by atoms with van der Waals surface area (Å²) >= 11 is 0. The molecule has 0 radical (unpaired) electrons. The number of anilines is 2. The molecule has 0 unspecified atom stereocenters. The van der Waals surface area contributed by atoms with E-state index in [2.05, 4.69) is 26.5 Å². The van der Waals surface area contributed by atoms with E-state index >= 15 is 0 Å². The number of hydrogen-bond acceptors (Lipinski definition) is 5. The molecule has 2 heterocycles. The Balaban J connectivity index is 1.33. The first-order valence-electron chi connectivity index (χ1n) is 12.0. The van der Waals surface area contributed by atoms with Crippen molar-refractivity contribution < 1.29 is 18.0 Å². The number of fused-ring (bicyclic) bond motifs is 1. The van der Waals surface area contributed by atoms with Crippen LogP contribution in [0.5, 0.6) is 0 Å². The summed E-state index contributed by atoms with van der Waals surface area (Å²) in [5, 5.41) is 22.7. The van der Waals surface area contributed by atoms with Gasteiger partial charge in [0.15, 0.2) is 5.82 Å². The molecule has 1 N–H and O–H groups in total. The highest BCUT2D eigenvalue weighted by molar-refractivity contribution is 6.00. The summed E-state index contributed by atoms with van der Waals surface area (Å²) in [6, 6.07) is 21.1. The summed E-state index contributed by atoms with van der Waals surface area (Å²) in [5.74, 6) is 0.716. The van der Waals surface area contributed by atoms with Crippen LogP contribution in [-0.4, -0.2) is 46.8 Å². The summed E-state index contributed by atoms with van der Waals surface area (Å²) < 4.78 is 38.4. The van der Waals surface area contributed by atoms with Gasteiger partial charge in [0.1, 0.15) is 5.69 Å². The molecule has 1 atom stereocenters. The Morgan fingerprint density at radius 1 is 0.974 bits per heavy atom. The van der Waals surface area contributed by atoms with Crippen LogP contribution in [0.1, 0.15) is 18.1 Å². The van der Waals surface area contributed by atoms with E-state index in [1.54, 1.807) is 17.0 Å². The van der Waals surface area contributed by atoms with E-state index in [1.165, 1.54) is 12.1 Å². The van der Waals surface area contributed by atoms with Crippen LogP contribution >= 0.6 is 0 Å². The molecule has 1 fully saturated rings. The zero-order chi connectivity index (χ0) is 26.9. The summed E-state index contributed by atoms with van der Waals surface area (Å²) in [4.78, 5) is 16.6. The predicted molar refractivity (Wildman–Crippen MR) is 139 cm³/mol. The van der Waals surface area contributed by atoms with Crippen molar-refractivity contribution in [3.05, 3.63) is 83.9 Å². The fourth-order valence-electron chi connectivity index (χ4n) is 4.62. The summed E-state index contributed by atoms with van der Waals surface area (Å²) in [6.07, 6.45) is -4.43. The van der Waals surface area contributed by atoms with Crippen molar-refractivity contribution in [2.24, 2.45) is 0 Å². The van der Waals surface area contributed by atoms with Crippen molar-refractivity contribution in [1.82, 2.24) is 15.1 Å². The number of hydrogen-bond donors (Lipinski definition) is 1. The van der Waals surface area contributed by atoms with Crippen LogP contribution in [0, 0.1) is 11.3 Å². The van der Waals surface area contributed by atoms with Crippen LogP contribution in [0.15, 0.2) is 72.8 Å². The number of alkyl halides is 3. The molecule has 2 amide bonds. The van der Waals surface area contributed by atoms with E-state index in [-0.39, 0.29) is 12.1 Å². The summed E-state index contributed by atoms with van der Waals surface area (Å²) in [5.41, 5.74) is 1.68. The fraction of sp³-hybridized carbons (Fsp3) is 0.214. The van der Waals surface area contributed by atoms with E-state index < -0.39 is 11.7 Å². The summed E-state index contributed by atoms with van der Waals surface area (Å²) in [6.45, 7) is 3.31. The van der Waals surface area contributed by atoms with Gasteiger partial charge < -0.3 is 15.1 Å². The third-order valence-electron chi connectivity index (χ3n) is 6.61. The smallest absolute Gasteiger partial charge is 0.348 e. The number of nitrogens with one attached hydrogen (secondary N) is 1. The van der Waals surface area contributed by atoms with Crippen molar-refractivity contribution in [3.63, 3.8) is 0 Å². The lowest BCUT2D eigenvalue weighted by molar-refractivity contribution is -0.137. The van der Waals surface area contributed by atoms with Crippen molar-refractivity contribution in [2.75, 3.05) is 29.9 Å². The molecule has 0 spiro atoms. The fourth-order valence-corrected chi connectivity index (χ4v) is 4.62. The Morgan fingerprint density at radius 3 is 2.29 bits per heavy atom. The Kier molecular flexibility index (Phi) is 6.59. The second-order valence-electron chi connectivity index (χ2n) is 9.10. The van der Waals surface area contributed by atoms with Gasteiger partial charge in [0.2, 0.25) is 0 Å². The number of halogens is 3. The molecule has 38 heavy (non-hydrogen) atoms. The normalized spacial score (nSPS) is 15.8. The average Bonchev–Trinajstić information content (AvgIpc) is 2.92. The number of nitrogens with zero attached hydrogens (tertiary/aromatic N) is 5. The SMILES string of the molecule is C[C@H]1CN(C(=O)Nc2ccc(C(F)(F)F)cc2)CCN1c1nnc(-c2ccc(C#N)cc2)c2ccccc12. The maximum Gasteiger partial charge on any atom is 0.416 e. The van der Waals surface area contributed by atoms with E-state index in [0.717, 1.165) is 34.2 Å². The third-order valence-corrected chi connectivity index (χ3v) is 6.61. The zero-order valence-electron chi connectivity index (χ0n) is 20.4. The van der Waals surface area contributed by atoms with Gasteiger partial charge in [-0.05, 0) is 43.3 Å². The minimum atomic E-state index is -4.43. The molecule has 5 rings (SSSR count). The lowest BCUT2D eigenvalue weighted by Gasteiger charge is -2.40. The number of urea groups is 1. The van der Waals surface area contributed by atoms with Crippen molar-refractivity contribution in [1.29, 1.82) is 5.26 Å². The Bertz CT molecular complexity index is 1510. The third kappa shape index (κ3) is 4.95. The Labute approximate surface area is 217 Å². The number of carbonyl (C=O) groups excluding carboxylic acids is 1. The van der Waals surface area contributed by atoms with Gasteiger partial charge in [-0.15, -0.1) is 10.2 Å². The molecule has 7 nitrogen and oxygen atoms in total. The number of piperazine rings is 1. The average molecular weight is 517 g/mol. The van der Waals surface area contributed by atoms with Crippen molar-refractivity contribution in [2.45, 2.75) is 19.1 Å². The Morgan fingerprint density at radius 2 is 1.66 bits per heavy atom. The molecule has 192 valence electrons. The van der Waals surface area contributed by atoms with Crippen LogP contribution in [-0.2, 0) is 6.18 Å². The van der Waals surface area contributed by atoms with Crippen molar-refractivity contribution >= 4 is 28.3 Å². The van der Waals surface area contributed by atoms with Gasteiger partial charge in [-0.3, -0.25) is 0 Å². The largest absolute Gasteiger partial charge is 0.416 e. The van der Waals surface area contributed by atoms with E-state index in [0.29, 0.717) is 36.7 Å². The number of aromatic nitrogens is 2. The van der Waals surface area contributed by atoms with Gasteiger partial charge in [-0.25, -0.2) is 4.79 Å². The van der Waals surface area contributed by atoms with Crippen LogP contribution < -0.4 is 10.2 Å². The van der Waals surface area contributed by atoms with Gasteiger partial charge >= 0.3 is 12.2 Å². The maximum absolute atomic E-state index is 12.8. The van der Waals surface area contributed by atoms with Crippen molar-refractivity contribution in [3.8, 4) is 17.3 Å². The number of amides is 2. The first kappa shape index (κ1) is 25.0. The molecule has 0 bridgehead atoms. The Hall–Kier alpha value is -4.65. The van der Waals surface area contributed by atoms with Crippen LogP contribution in [0.25, 0.3) is 22.0 Å². The standard InChI is InChI=1S/C28H23F3N6O/c1-18-17-36(27(38)33-22-12-10-21(11-13-22)28(29,30)31)14-15-37(18)26-24-5-3-2-4-23(24)25(34-35-26)20-8-6-19(16-32)7-9-20/h2-13,18H,14-15,17H2,1H3,(H,33,38)/t18-/m0/s1. The molecule has 10 heteroatoms. The maximum atomic E-state index is 12.8. The van der Waals surface area contributed by atoms with Gasteiger partial charge in [-0.1, -0.05) is 36.4 Å². The molecular formula is C28H23F3N6O. The highest BCUT2D eigenvalue weighted by Gasteiger charge is 2.31. The van der Waals surface area contributed by atoms with Gasteiger partial charge in [-0.2, -0.15) is 18.4 Å². The summed E-state index contributed by atoms with van der Waals surface area (Å²) in [7, 11) is 0. The molecule has 0 aliphatic carbocycles. The van der Waals surface area contributed by atoms with Crippen LogP contribution in [0.3, 0.4) is 0 Å². The quantitative estimate of drug-likeness (QED) is 0.365. The molecule has 1 saturated heterocycles. The van der Waals surface area contributed by atoms with Gasteiger partial charge in [0.05, 0.1) is 17.2 Å². The number of rotatable bonds is 3. The highest BCUT2D eigenvalue weighted by Crippen LogP contribution is 2.33. The number of nitriles is 1. The first-order chi connectivity index (χ1) is 18.2. The number of benzene rings is 3. The molecule has 1 aliphatic rings. The molecule has 1 aliphatic heterocycles. The second kappa shape index (κ2) is 10.0. The minimum Gasteiger partial charge on any atom is -0.348 e. The minimum absolute atomic E-state index is 0.0828. The van der Waals surface area contributed by atoms with Crippen LogP contribution in [0.4, 0.5) is 29.5 Å². The van der Waals surface area contributed by atoms with Gasteiger partial charge in [0.25, 0.3) is 0 Å². The topological polar surface area (TPSA) is 85.2 Å². The van der Waals surface area contributed by atoms with E-state index in [1.807, 2.05) is 43.3 Å². The van der Waals surface area contributed by atoms with E-state index in [4.69, 9.17) is 5.26 Å². The molecule has 3 aromatic carbocycles. The molecular weight excluding hydrogens is 493 g/mol. The lowest BCUT2D eigenvalue weighted by atomic mass is 10.0. The van der Waals surface area contributed by atoms with Crippen LogP contribution in [0.2, 0.25) is 0 Å². The van der Waals surface area contributed by atoms with Gasteiger partial charge in [0, 0.05) is 47.7 Å². The highest BCUT2D eigenvalue weighted by atomic mass is 19.4. The second-order valence-corrected chi connectivity index (χ2v) is 9.10. The first-order valence-corrected chi connectivity index (χ1v) is 12.0. The van der Waals surface area contributed by atoms with E-state index in [9.17, 15) is 18.0 Å². The molecule has 4 aromatic rings. The predicted octanol–water partition coefficient (Wildman–Crippen LogP) is 5.93. The molecule has 0 saturated carbocycles. The monoisotopic (exact) mass is 516 g/mol. The lowest BCUT2D eigenvalue weighted by Crippen LogP contribution is -2.55. The molecule has 1 aromatic heterocycles. The zero-order valence-corrected chi connectivity index (χ0v) is 20.4.